The molecule has 35 heavy (non-hydrogen) atoms. The van der Waals surface area contributed by atoms with E-state index in [2.05, 4.69) is 15.8 Å². The SMILES string of the molecule is CCON=C(CC(=O)NC(=N)Cc1cc(C)c(NC(=O)CN(C)C)c(Cl)c1)c1ccc(OC)cc1. The molecular formula is C25H32ClN5O4. The van der Waals surface area contributed by atoms with E-state index >= 15 is 0 Å². The maximum Gasteiger partial charge on any atom is 0.238 e. The van der Waals surface area contributed by atoms with Gasteiger partial charge in [0.2, 0.25) is 11.8 Å². The Hall–Kier alpha value is -3.43. The number of amidine groups is 1. The van der Waals surface area contributed by atoms with Crippen LogP contribution in [0.25, 0.3) is 0 Å². The molecule has 9 nitrogen and oxygen atoms in total. The topological polar surface area (TPSA) is 116 Å². The van der Waals surface area contributed by atoms with Crippen molar-refractivity contribution in [2.24, 2.45) is 5.16 Å². The van der Waals surface area contributed by atoms with E-state index < -0.39 is 0 Å². The van der Waals surface area contributed by atoms with Crippen LogP contribution in [0.5, 0.6) is 5.75 Å². The van der Waals surface area contributed by atoms with Crippen molar-refractivity contribution >= 4 is 40.6 Å². The Balaban J connectivity index is 2.03. The Morgan fingerprint density at radius 1 is 1.14 bits per heavy atom. The number of carbonyl (C=O) groups is 2. The van der Waals surface area contributed by atoms with Gasteiger partial charge in [-0.3, -0.25) is 15.0 Å². The Kier molecular flexibility index (Phi) is 10.7. The molecule has 0 aliphatic carbocycles. The summed E-state index contributed by atoms with van der Waals surface area (Å²) in [7, 11) is 5.19. The number of rotatable bonds is 11. The summed E-state index contributed by atoms with van der Waals surface area (Å²) in [4.78, 5) is 31.6. The van der Waals surface area contributed by atoms with Crippen molar-refractivity contribution in [1.82, 2.24) is 10.2 Å². The van der Waals surface area contributed by atoms with Crippen LogP contribution in [0.2, 0.25) is 5.02 Å². The molecular weight excluding hydrogens is 470 g/mol. The van der Waals surface area contributed by atoms with Crippen LogP contribution in [0.3, 0.4) is 0 Å². The number of anilines is 1. The summed E-state index contributed by atoms with van der Waals surface area (Å²) in [5, 5.41) is 18.1. The van der Waals surface area contributed by atoms with Crippen molar-refractivity contribution in [3.8, 4) is 5.75 Å². The molecule has 2 amide bonds. The Labute approximate surface area is 210 Å². The van der Waals surface area contributed by atoms with Gasteiger partial charge >= 0.3 is 0 Å². The van der Waals surface area contributed by atoms with Gasteiger partial charge in [-0.15, -0.1) is 0 Å². The van der Waals surface area contributed by atoms with Crippen molar-refractivity contribution in [1.29, 1.82) is 5.41 Å². The number of benzene rings is 2. The van der Waals surface area contributed by atoms with E-state index in [-0.39, 0.29) is 37.0 Å². The second kappa shape index (κ2) is 13.5. The molecule has 0 bridgehead atoms. The summed E-state index contributed by atoms with van der Waals surface area (Å²) in [5.41, 5.74) is 3.20. The highest BCUT2D eigenvalue weighted by Crippen LogP contribution is 2.28. The Morgan fingerprint density at radius 3 is 2.40 bits per heavy atom. The van der Waals surface area contributed by atoms with Gasteiger partial charge in [0.25, 0.3) is 0 Å². The number of nitrogens with zero attached hydrogens (tertiary/aromatic N) is 2. The molecule has 0 aromatic heterocycles. The minimum atomic E-state index is -0.389. The van der Waals surface area contributed by atoms with Gasteiger partial charge in [0.1, 0.15) is 18.2 Å². The minimum absolute atomic E-state index is 0.0142. The molecule has 0 aliphatic heterocycles. The number of hydrogen-bond acceptors (Lipinski definition) is 7. The summed E-state index contributed by atoms with van der Waals surface area (Å²) in [6.07, 6.45) is 0.101. The zero-order chi connectivity index (χ0) is 26.0. The lowest BCUT2D eigenvalue weighted by Gasteiger charge is -2.15. The van der Waals surface area contributed by atoms with Crippen LogP contribution in [0, 0.1) is 12.3 Å². The highest BCUT2D eigenvalue weighted by Gasteiger charge is 2.15. The number of amides is 2. The third kappa shape index (κ3) is 9.03. The fourth-order valence-electron chi connectivity index (χ4n) is 3.27. The molecule has 0 saturated carbocycles. The normalized spacial score (nSPS) is 11.2. The maximum atomic E-state index is 12.6. The van der Waals surface area contributed by atoms with E-state index in [0.29, 0.717) is 28.8 Å². The Morgan fingerprint density at radius 2 is 1.83 bits per heavy atom. The van der Waals surface area contributed by atoms with Crippen molar-refractivity contribution < 1.29 is 19.2 Å². The van der Waals surface area contributed by atoms with E-state index in [1.165, 1.54) is 0 Å². The van der Waals surface area contributed by atoms with Crippen LogP contribution < -0.4 is 15.4 Å². The van der Waals surface area contributed by atoms with Crippen LogP contribution >= 0.6 is 11.6 Å². The van der Waals surface area contributed by atoms with Gasteiger partial charge < -0.3 is 25.1 Å². The molecule has 0 radical (unpaired) electrons. The molecule has 0 spiro atoms. The van der Waals surface area contributed by atoms with Crippen LogP contribution in [0.4, 0.5) is 5.69 Å². The molecule has 188 valence electrons. The van der Waals surface area contributed by atoms with Gasteiger partial charge in [-0.05, 0) is 69.4 Å². The number of likely N-dealkylation sites (N-methyl/N-ethyl adjacent to an activating group) is 1. The fraction of sp³-hybridized carbons (Fsp3) is 0.360. The average molecular weight is 502 g/mol. The summed E-state index contributed by atoms with van der Waals surface area (Å²) in [5.74, 6) is 0.141. The molecule has 2 aromatic carbocycles. The van der Waals surface area contributed by atoms with E-state index in [1.807, 2.05) is 13.0 Å². The highest BCUT2D eigenvalue weighted by atomic mass is 35.5. The van der Waals surface area contributed by atoms with Gasteiger partial charge in [-0.2, -0.15) is 0 Å². The van der Waals surface area contributed by atoms with Gasteiger partial charge in [-0.1, -0.05) is 22.8 Å². The number of aryl methyl sites for hydroxylation is 1. The number of oxime groups is 1. The first-order valence-corrected chi connectivity index (χ1v) is 11.4. The van der Waals surface area contributed by atoms with E-state index in [1.54, 1.807) is 63.4 Å². The molecule has 10 heteroatoms. The van der Waals surface area contributed by atoms with Crippen LogP contribution in [0.1, 0.15) is 30.0 Å². The van der Waals surface area contributed by atoms with Crippen LogP contribution in [-0.2, 0) is 20.8 Å². The molecule has 0 saturated heterocycles. The molecule has 0 atom stereocenters. The van der Waals surface area contributed by atoms with Crippen LogP contribution in [0.15, 0.2) is 41.6 Å². The lowest BCUT2D eigenvalue weighted by Crippen LogP contribution is -2.33. The van der Waals surface area contributed by atoms with Gasteiger partial charge in [0, 0.05) is 12.0 Å². The summed E-state index contributed by atoms with van der Waals surface area (Å²) in [6, 6.07) is 10.6. The number of nitrogens with one attached hydrogen (secondary N) is 3. The van der Waals surface area contributed by atoms with Crippen molar-refractivity contribution in [3.05, 3.63) is 58.1 Å². The predicted molar refractivity (Wildman–Crippen MR) is 139 cm³/mol. The lowest BCUT2D eigenvalue weighted by atomic mass is 10.1. The summed E-state index contributed by atoms with van der Waals surface area (Å²) in [6.45, 7) is 4.23. The van der Waals surface area contributed by atoms with Gasteiger partial charge in [0.05, 0.1) is 36.5 Å². The second-order valence-corrected chi connectivity index (χ2v) is 8.53. The van der Waals surface area contributed by atoms with Crippen molar-refractivity contribution in [3.63, 3.8) is 0 Å². The molecule has 3 N–H and O–H groups in total. The zero-order valence-corrected chi connectivity index (χ0v) is 21.5. The number of ether oxygens (including phenoxy) is 1. The molecule has 2 rings (SSSR count). The standard InChI is InChI=1S/C25H32ClN5O4/c1-6-35-30-21(18-7-9-19(34-5)10-8-18)14-23(32)28-22(27)13-17-11-16(2)25(20(26)12-17)29-24(33)15-31(3)4/h7-12H,6,13-15H2,1-5H3,(H,29,33)(H2,27,28,32). The van der Waals surface area contributed by atoms with Crippen molar-refractivity contribution in [2.75, 3.05) is 39.7 Å². The van der Waals surface area contributed by atoms with Gasteiger partial charge in [-0.25, -0.2) is 0 Å². The predicted octanol–water partition coefficient (Wildman–Crippen LogP) is 3.62. The first-order chi connectivity index (χ1) is 16.6. The number of methoxy groups -OCH3 is 1. The van der Waals surface area contributed by atoms with E-state index in [0.717, 1.165) is 16.7 Å². The molecule has 0 heterocycles. The maximum absolute atomic E-state index is 12.6. The molecule has 0 fully saturated rings. The second-order valence-electron chi connectivity index (χ2n) is 8.12. The smallest absolute Gasteiger partial charge is 0.238 e. The molecule has 2 aromatic rings. The lowest BCUT2D eigenvalue weighted by molar-refractivity contribution is -0.118. The summed E-state index contributed by atoms with van der Waals surface area (Å²) < 4.78 is 5.17. The Bertz CT molecular complexity index is 1060. The third-order valence-electron chi connectivity index (χ3n) is 4.80. The highest BCUT2D eigenvalue weighted by molar-refractivity contribution is 6.34. The van der Waals surface area contributed by atoms with Crippen LogP contribution in [-0.4, -0.2) is 62.6 Å². The first-order valence-electron chi connectivity index (χ1n) is 11.1. The number of hydrogen-bond donors (Lipinski definition) is 3. The minimum Gasteiger partial charge on any atom is -0.497 e. The molecule has 0 unspecified atom stereocenters. The van der Waals surface area contributed by atoms with E-state index in [4.69, 9.17) is 26.6 Å². The van der Waals surface area contributed by atoms with Gasteiger partial charge in [0.15, 0.2) is 0 Å². The first kappa shape index (κ1) is 27.8. The largest absolute Gasteiger partial charge is 0.497 e. The average Bonchev–Trinajstić information content (AvgIpc) is 2.78. The number of halogens is 1. The number of carbonyl (C=O) groups excluding carboxylic acids is 2. The zero-order valence-electron chi connectivity index (χ0n) is 20.7. The monoisotopic (exact) mass is 501 g/mol. The van der Waals surface area contributed by atoms with E-state index in [9.17, 15) is 9.59 Å². The summed E-state index contributed by atoms with van der Waals surface area (Å²) >= 11 is 6.39. The molecule has 0 aliphatic rings. The fourth-order valence-corrected chi connectivity index (χ4v) is 3.60. The quantitative estimate of drug-likeness (QED) is 0.247. The third-order valence-corrected chi connectivity index (χ3v) is 5.10. The van der Waals surface area contributed by atoms with Crippen molar-refractivity contribution in [2.45, 2.75) is 26.7 Å².